The topological polar surface area (TPSA) is 58.2 Å². The van der Waals surface area contributed by atoms with Gasteiger partial charge in [-0.3, -0.25) is 9.59 Å². The van der Waals surface area contributed by atoms with Crippen LogP contribution >= 0.6 is 22.6 Å². The van der Waals surface area contributed by atoms with E-state index in [0.717, 1.165) is 16.4 Å². The minimum absolute atomic E-state index is 0.00124. The highest BCUT2D eigenvalue weighted by atomic mass is 127. The van der Waals surface area contributed by atoms with E-state index in [4.69, 9.17) is 0 Å². The molecular formula is C23H27IN2O2. The van der Waals surface area contributed by atoms with Crippen molar-refractivity contribution in [3.8, 4) is 0 Å². The monoisotopic (exact) mass is 490 g/mol. The zero-order valence-electron chi connectivity index (χ0n) is 16.3. The molecule has 0 saturated heterocycles. The third-order valence-corrected chi connectivity index (χ3v) is 6.53. The van der Waals surface area contributed by atoms with Gasteiger partial charge in [0.2, 0.25) is 5.91 Å². The normalized spacial score (nSPS) is 15.6. The molecule has 3 rings (SSSR count). The molecule has 0 spiro atoms. The Labute approximate surface area is 180 Å². The van der Waals surface area contributed by atoms with Crippen molar-refractivity contribution in [2.75, 3.05) is 13.1 Å². The van der Waals surface area contributed by atoms with Crippen LogP contribution in [0.25, 0.3) is 0 Å². The van der Waals surface area contributed by atoms with Gasteiger partial charge in [0.1, 0.15) is 0 Å². The summed E-state index contributed by atoms with van der Waals surface area (Å²) in [7, 11) is 0. The number of aryl methyl sites for hydroxylation is 1. The number of nitrogens with one attached hydrogen (secondary N) is 2. The molecule has 0 radical (unpaired) electrons. The fourth-order valence-corrected chi connectivity index (χ4v) is 4.63. The van der Waals surface area contributed by atoms with Gasteiger partial charge in [0.15, 0.2) is 0 Å². The van der Waals surface area contributed by atoms with Crippen LogP contribution in [-0.4, -0.2) is 24.9 Å². The Morgan fingerprint density at radius 1 is 1.00 bits per heavy atom. The first-order valence-corrected chi connectivity index (χ1v) is 10.9. The van der Waals surface area contributed by atoms with E-state index < -0.39 is 0 Å². The van der Waals surface area contributed by atoms with Crippen LogP contribution in [0.15, 0.2) is 48.5 Å². The summed E-state index contributed by atoms with van der Waals surface area (Å²) in [5.74, 6) is -0.358. The van der Waals surface area contributed by atoms with Crippen LogP contribution in [0.3, 0.4) is 0 Å². The van der Waals surface area contributed by atoms with Crippen LogP contribution in [0, 0.1) is 10.5 Å². The molecule has 1 saturated carbocycles. The van der Waals surface area contributed by atoms with Gasteiger partial charge in [0, 0.05) is 15.5 Å². The van der Waals surface area contributed by atoms with E-state index in [2.05, 4.69) is 64.4 Å². The fraction of sp³-hybridized carbons (Fsp3) is 0.391. The average Bonchev–Trinajstić information content (AvgIpc) is 2.71. The van der Waals surface area contributed by atoms with E-state index in [1.165, 1.54) is 30.4 Å². The molecular weight excluding hydrogens is 463 g/mol. The second-order valence-electron chi connectivity index (χ2n) is 7.65. The first-order chi connectivity index (χ1) is 13.5. The van der Waals surface area contributed by atoms with E-state index in [1.54, 1.807) is 6.07 Å². The summed E-state index contributed by atoms with van der Waals surface area (Å²) < 4.78 is 0.874. The van der Waals surface area contributed by atoms with Crippen molar-refractivity contribution in [2.45, 2.75) is 44.4 Å². The smallest absolute Gasteiger partial charge is 0.252 e. The van der Waals surface area contributed by atoms with Gasteiger partial charge < -0.3 is 10.6 Å². The summed E-state index contributed by atoms with van der Waals surface area (Å²) >= 11 is 2.13. The number of hydrogen-bond donors (Lipinski definition) is 2. The third kappa shape index (κ3) is 5.13. The van der Waals surface area contributed by atoms with Crippen LogP contribution in [0.4, 0.5) is 0 Å². The highest BCUT2D eigenvalue weighted by Crippen LogP contribution is 2.39. The predicted molar refractivity (Wildman–Crippen MR) is 120 cm³/mol. The second kappa shape index (κ2) is 9.54. The number of rotatable bonds is 6. The first kappa shape index (κ1) is 20.8. The molecule has 4 nitrogen and oxygen atoms in total. The summed E-state index contributed by atoms with van der Waals surface area (Å²) in [6, 6.07) is 16.0. The van der Waals surface area contributed by atoms with Gasteiger partial charge in [-0.15, -0.1) is 0 Å². The summed E-state index contributed by atoms with van der Waals surface area (Å²) in [6.07, 6.45) is 5.81. The van der Waals surface area contributed by atoms with Crippen LogP contribution in [-0.2, 0) is 10.2 Å². The lowest BCUT2D eigenvalue weighted by atomic mass is 9.69. The zero-order valence-corrected chi connectivity index (χ0v) is 18.4. The molecule has 1 aliphatic carbocycles. The molecule has 2 aromatic carbocycles. The molecule has 0 aliphatic heterocycles. The fourth-order valence-electron chi connectivity index (χ4n) is 4.00. The number of carbonyl (C=O) groups excluding carboxylic acids is 2. The molecule has 0 bridgehead atoms. The molecule has 148 valence electrons. The molecule has 0 atom stereocenters. The van der Waals surface area contributed by atoms with Crippen molar-refractivity contribution in [1.29, 1.82) is 0 Å². The van der Waals surface area contributed by atoms with Gasteiger partial charge >= 0.3 is 0 Å². The number of amides is 2. The highest BCUT2D eigenvalue weighted by Gasteiger charge is 2.34. The lowest BCUT2D eigenvalue weighted by Gasteiger charge is -2.38. The Bertz CT molecular complexity index is 844. The van der Waals surface area contributed by atoms with Gasteiger partial charge in [-0.05, 0) is 60.1 Å². The Balaban J connectivity index is 1.60. The van der Waals surface area contributed by atoms with Gasteiger partial charge in [-0.25, -0.2) is 0 Å². The maximum atomic E-state index is 12.4. The van der Waals surface area contributed by atoms with Gasteiger partial charge in [0.25, 0.3) is 5.91 Å². The van der Waals surface area contributed by atoms with Crippen molar-refractivity contribution in [2.24, 2.45) is 0 Å². The third-order valence-electron chi connectivity index (χ3n) is 5.59. The van der Waals surface area contributed by atoms with Crippen LogP contribution in [0.1, 0.15) is 53.6 Å². The van der Waals surface area contributed by atoms with Crippen molar-refractivity contribution >= 4 is 34.4 Å². The number of halogens is 1. The number of hydrogen-bond acceptors (Lipinski definition) is 2. The molecule has 1 fully saturated rings. The maximum Gasteiger partial charge on any atom is 0.252 e. The molecule has 1 aliphatic rings. The van der Waals surface area contributed by atoms with E-state index in [9.17, 15) is 9.59 Å². The molecule has 0 heterocycles. The Kier molecular flexibility index (Phi) is 7.10. The van der Waals surface area contributed by atoms with Gasteiger partial charge in [-0.2, -0.15) is 0 Å². The Hall–Kier alpha value is -1.89. The molecule has 5 heteroatoms. The molecule has 2 aromatic rings. The molecule has 0 unspecified atom stereocenters. The van der Waals surface area contributed by atoms with Crippen molar-refractivity contribution in [3.63, 3.8) is 0 Å². The summed E-state index contributed by atoms with van der Waals surface area (Å²) in [5.41, 5.74) is 3.16. The predicted octanol–water partition coefficient (Wildman–Crippen LogP) is 4.35. The summed E-state index contributed by atoms with van der Waals surface area (Å²) in [5, 5.41) is 5.81. The van der Waals surface area contributed by atoms with Crippen molar-refractivity contribution in [3.05, 3.63) is 68.8 Å². The van der Waals surface area contributed by atoms with E-state index in [-0.39, 0.29) is 23.8 Å². The minimum atomic E-state index is -0.216. The molecule has 2 N–H and O–H groups in total. The first-order valence-electron chi connectivity index (χ1n) is 9.87. The summed E-state index contributed by atoms with van der Waals surface area (Å²) in [4.78, 5) is 24.7. The SMILES string of the molecule is Cc1cccc(C2(CNC(=O)CNC(=O)c3ccccc3I)CCCCC2)c1. The maximum absolute atomic E-state index is 12.4. The van der Waals surface area contributed by atoms with Crippen molar-refractivity contribution in [1.82, 2.24) is 10.6 Å². The largest absolute Gasteiger partial charge is 0.354 e. The van der Waals surface area contributed by atoms with Crippen LogP contribution in [0.5, 0.6) is 0 Å². The standard InChI is InChI=1S/C23H27IN2O2/c1-17-8-7-9-18(14-17)23(12-5-2-6-13-23)16-26-21(27)15-25-22(28)19-10-3-4-11-20(19)24/h3-4,7-11,14H,2,5-6,12-13,15-16H2,1H3,(H,25,28)(H,26,27). The number of benzene rings is 2. The van der Waals surface area contributed by atoms with Crippen LogP contribution < -0.4 is 10.6 Å². The highest BCUT2D eigenvalue weighted by molar-refractivity contribution is 14.1. The lowest BCUT2D eigenvalue weighted by Crippen LogP contribution is -2.45. The van der Waals surface area contributed by atoms with E-state index in [0.29, 0.717) is 12.1 Å². The molecule has 0 aromatic heterocycles. The lowest BCUT2D eigenvalue weighted by molar-refractivity contribution is -0.120. The quantitative estimate of drug-likeness (QED) is 0.592. The zero-order chi connectivity index (χ0) is 20.0. The van der Waals surface area contributed by atoms with E-state index >= 15 is 0 Å². The summed E-state index contributed by atoms with van der Waals surface area (Å²) in [6.45, 7) is 2.72. The molecule has 28 heavy (non-hydrogen) atoms. The Morgan fingerprint density at radius 2 is 1.75 bits per heavy atom. The van der Waals surface area contributed by atoms with E-state index in [1.807, 2.05) is 18.2 Å². The van der Waals surface area contributed by atoms with Gasteiger partial charge in [0.05, 0.1) is 12.1 Å². The molecule has 2 amide bonds. The second-order valence-corrected chi connectivity index (χ2v) is 8.81. The average molecular weight is 490 g/mol. The van der Waals surface area contributed by atoms with Crippen molar-refractivity contribution < 1.29 is 9.59 Å². The van der Waals surface area contributed by atoms with Gasteiger partial charge in [-0.1, -0.05) is 61.2 Å². The Morgan fingerprint density at radius 3 is 2.46 bits per heavy atom. The minimum Gasteiger partial charge on any atom is -0.354 e. The number of carbonyl (C=O) groups is 2. The van der Waals surface area contributed by atoms with Crippen LogP contribution in [0.2, 0.25) is 0 Å².